The highest BCUT2D eigenvalue weighted by atomic mass is 16.5. The van der Waals surface area contributed by atoms with Crippen LogP contribution >= 0.6 is 0 Å². The van der Waals surface area contributed by atoms with Gasteiger partial charge in [0.15, 0.2) is 0 Å². The average Bonchev–Trinajstić information content (AvgIpc) is 2.57. The van der Waals surface area contributed by atoms with Gasteiger partial charge in [-0.2, -0.15) is 0 Å². The summed E-state index contributed by atoms with van der Waals surface area (Å²) >= 11 is 0. The number of hydrogen-bond donors (Lipinski definition) is 1. The highest BCUT2D eigenvalue weighted by Crippen LogP contribution is 2.44. The number of allylic oxidation sites excluding steroid dienone is 4. The van der Waals surface area contributed by atoms with Crippen molar-refractivity contribution in [1.29, 1.82) is 0 Å². The number of ether oxygens (including phenoxy) is 1. The van der Waals surface area contributed by atoms with Crippen molar-refractivity contribution in [3.8, 4) is 11.5 Å². The van der Waals surface area contributed by atoms with E-state index in [1.165, 1.54) is 16.7 Å². The standard InChI is InChI=1S/C24H36O2/c1-16(2)10-8-11-17(3)12-9-14-24(7)15-13-21-20(6)22(25)18(4)19(5)23(21)26-24/h10,12,25H,8-9,11,13-15H2,1-7H3. The number of aromatic hydroxyl groups is 1. The molecule has 0 fully saturated rings. The fourth-order valence-electron chi connectivity index (χ4n) is 3.79. The summed E-state index contributed by atoms with van der Waals surface area (Å²) in [5.74, 6) is 1.44. The quantitative estimate of drug-likeness (QED) is 0.563. The fraction of sp³-hybridized carbons (Fsp3) is 0.583. The molecule has 1 heterocycles. The number of rotatable bonds is 6. The van der Waals surface area contributed by atoms with Crippen LogP contribution in [0.1, 0.15) is 82.1 Å². The first kappa shape index (κ1) is 20.6. The Balaban J connectivity index is 2.04. The maximum atomic E-state index is 10.3. The molecular formula is C24H36O2. The monoisotopic (exact) mass is 356 g/mol. The molecule has 0 radical (unpaired) electrons. The molecule has 1 N–H and O–H groups in total. The van der Waals surface area contributed by atoms with Crippen LogP contribution in [0.25, 0.3) is 0 Å². The van der Waals surface area contributed by atoms with Crippen molar-refractivity contribution in [2.24, 2.45) is 0 Å². The van der Waals surface area contributed by atoms with Gasteiger partial charge < -0.3 is 9.84 Å². The third kappa shape index (κ3) is 4.72. The summed E-state index contributed by atoms with van der Waals surface area (Å²) in [6, 6.07) is 0. The van der Waals surface area contributed by atoms with Gasteiger partial charge in [-0.15, -0.1) is 0 Å². The van der Waals surface area contributed by atoms with Gasteiger partial charge in [-0.25, -0.2) is 0 Å². The van der Waals surface area contributed by atoms with Gasteiger partial charge in [0.1, 0.15) is 17.1 Å². The van der Waals surface area contributed by atoms with E-state index in [9.17, 15) is 5.11 Å². The van der Waals surface area contributed by atoms with E-state index >= 15 is 0 Å². The predicted molar refractivity (Wildman–Crippen MR) is 111 cm³/mol. The molecular weight excluding hydrogens is 320 g/mol. The van der Waals surface area contributed by atoms with Crippen LogP contribution < -0.4 is 4.74 Å². The largest absolute Gasteiger partial charge is 0.507 e. The zero-order valence-electron chi connectivity index (χ0n) is 17.8. The lowest BCUT2D eigenvalue weighted by Gasteiger charge is -2.38. The van der Waals surface area contributed by atoms with Crippen molar-refractivity contribution in [2.45, 2.75) is 92.6 Å². The molecule has 0 saturated carbocycles. The Morgan fingerprint density at radius 3 is 2.38 bits per heavy atom. The second kappa shape index (κ2) is 8.33. The molecule has 0 aliphatic carbocycles. The summed E-state index contributed by atoms with van der Waals surface area (Å²) in [7, 11) is 0. The van der Waals surface area contributed by atoms with Gasteiger partial charge in [-0.05, 0) is 104 Å². The van der Waals surface area contributed by atoms with Gasteiger partial charge in [-0.1, -0.05) is 23.3 Å². The summed E-state index contributed by atoms with van der Waals surface area (Å²) in [6.45, 7) is 14.8. The van der Waals surface area contributed by atoms with E-state index in [0.717, 1.165) is 61.0 Å². The van der Waals surface area contributed by atoms with E-state index in [-0.39, 0.29) is 5.60 Å². The van der Waals surface area contributed by atoms with Crippen LogP contribution in [0.15, 0.2) is 23.3 Å². The van der Waals surface area contributed by atoms with Crippen molar-refractivity contribution in [3.05, 3.63) is 45.6 Å². The lowest BCUT2D eigenvalue weighted by molar-refractivity contribution is 0.0558. The van der Waals surface area contributed by atoms with Crippen LogP contribution in [0.5, 0.6) is 11.5 Å². The van der Waals surface area contributed by atoms with Crippen LogP contribution in [0.2, 0.25) is 0 Å². The van der Waals surface area contributed by atoms with E-state index in [4.69, 9.17) is 4.74 Å². The first-order chi connectivity index (χ1) is 12.1. The van der Waals surface area contributed by atoms with Gasteiger partial charge in [0, 0.05) is 5.56 Å². The molecule has 1 aliphatic heterocycles. The summed E-state index contributed by atoms with van der Waals surface area (Å²) < 4.78 is 6.51. The Morgan fingerprint density at radius 2 is 1.73 bits per heavy atom. The molecule has 26 heavy (non-hydrogen) atoms. The molecule has 1 unspecified atom stereocenters. The molecule has 0 amide bonds. The third-order valence-corrected chi connectivity index (χ3v) is 5.85. The van der Waals surface area contributed by atoms with Crippen LogP contribution in [-0.2, 0) is 6.42 Å². The van der Waals surface area contributed by atoms with Gasteiger partial charge >= 0.3 is 0 Å². The first-order valence-electron chi connectivity index (χ1n) is 9.94. The second-order valence-electron chi connectivity index (χ2n) is 8.49. The Bertz CT molecular complexity index is 720. The molecule has 1 aromatic rings. The Kier molecular flexibility index (Phi) is 6.60. The van der Waals surface area contributed by atoms with E-state index in [1.54, 1.807) is 0 Å². The SMILES string of the molecule is CC(C)=CCCC(C)=CCCC1(C)CCc2c(C)c(O)c(C)c(C)c2O1. The van der Waals surface area contributed by atoms with Gasteiger partial charge in [-0.3, -0.25) is 0 Å². The number of hydrogen-bond acceptors (Lipinski definition) is 2. The Labute approximate surface area is 160 Å². The summed E-state index contributed by atoms with van der Waals surface area (Å²) in [6.07, 6.45) is 11.0. The predicted octanol–water partition coefficient (Wildman–Crippen LogP) is 6.87. The number of benzene rings is 1. The summed E-state index contributed by atoms with van der Waals surface area (Å²) in [5, 5.41) is 10.3. The number of fused-ring (bicyclic) bond motifs is 1. The third-order valence-electron chi connectivity index (χ3n) is 5.85. The van der Waals surface area contributed by atoms with Crippen LogP contribution in [0.3, 0.4) is 0 Å². The zero-order valence-corrected chi connectivity index (χ0v) is 17.8. The normalized spacial score (nSPS) is 19.7. The Morgan fingerprint density at radius 1 is 1.04 bits per heavy atom. The molecule has 0 spiro atoms. The fourth-order valence-corrected chi connectivity index (χ4v) is 3.79. The number of phenols is 1. The maximum Gasteiger partial charge on any atom is 0.127 e. The topological polar surface area (TPSA) is 29.5 Å². The molecule has 2 heteroatoms. The van der Waals surface area contributed by atoms with E-state index < -0.39 is 0 Å². The van der Waals surface area contributed by atoms with E-state index in [1.807, 2.05) is 13.8 Å². The Hall–Kier alpha value is -1.70. The molecule has 0 bridgehead atoms. The minimum Gasteiger partial charge on any atom is -0.507 e. The highest BCUT2D eigenvalue weighted by Gasteiger charge is 2.33. The average molecular weight is 357 g/mol. The molecule has 2 rings (SSSR count). The minimum absolute atomic E-state index is 0.121. The van der Waals surface area contributed by atoms with E-state index in [0.29, 0.717) is 5.75 Å². The maximum absolute atomic E-state index is 10.3. The van der Waals surface area contributed by atoms with Gasteiger partial charge in [0.05, 0.1) is 0 Å². The van der Waals surface area contributed by atoms with Crippen molar-refractivity contribution < 1.29 is 9.84 Å². The van der Waals surface area contributed by atoms with Crippen LogP contribution in [0, 0.1) is 20.8 Å². The van der Waals surface area contributed by atoms with Crippen molar-refractivity contribution in [2.75, 3.05) is 0 Å². The highest BCUT2D eigenvalue weighted by molar-refractivity contribution is 5.58. The lowest BCUT2D eigenvalue weighted by Crippen LogP contribution is -2.37. The van der Waals surface area contributed by atoms with Crippen LogP contribution in [-0.4, -0.2) is 10.7 Å². The van der Waals surface area contributed by atoms with Crippen molar-refractivity contribution >= 4 is 0 Å². The van der Waals surface area contributed by atoms with E-state index in [2.05, 4.69) is 46.8 Å². The molecule has 1 aromatic carbocycles. The van der Waals surface area contributed by atoms with Crippen molar-refractivity contribution in [1.82, 2.24) is 0 Å². The smallest absolute Gasteiger partial charge is 0.127 e. The minimum atomic E-state index is -0.121. The first-order valence-corrected chi connectivity index (χ1v) is 9.94. The molecule has 0 saturated heterocycles. The summed E-state index contributed by atoms with van der Waals surface area (Å²) in [4.78, 5) is 0. The molecule has 144 valence electrons. The molecule has 1 aliphatic rings. The zero-order chi connectivity index (χ0) is 19.5. The van der Waals surface area contributed by atoms with Gasteiger partial charge in [0.2, 0.25) is 0 Å². The molecule has 2 nitrogen and oxygen atoms in total. The van der Waals surface area contributed by atoms with Crippen molar-refractivity contribution in [3.63, 3.8) is 0 Å². The van der Waals surface area contributed by atoms with Gasteiger partial charge in [0.25, 0.3) is 0 Å². The second-order valence-corrected chi connectivity index (χ2v) is 8.49. The summed E-state index contributed by atoms with van der Waals surface area (Å²) in [5.41, 5.74) is 6.95. The molecule has 0 aromatic heterocycles. The van der Waals surface area contributed by atoms with Crippen LogP contribution in [0.4, 0.5) is 0 Å². The lowest BCUT2D eigenvalue weighted by atomic mass is 9.85. The molecule has 1 atom stereocenters. The number of phenolic OH excluding ortho intramolecular Hbond substituents is 1.